The lowest BCUT2D eigenvalue weighted by molar-refractivity contribution is 0.262. The first-order chi connectivity index (χ1) is 9.45. The van der Waals surface area contributed by atoms with E-state index >= 15 is 0 Å². The molecule has 0 spiro atoms. The van der Waals surface area contributed by atoms with Crippen LogP contribution in [0, 0.1) is 6.92 Å². The molecule has 0 heterocycles. The van der Waals surface area contributed by atoms with Crippen LogP contribution in [-0.4, -0.2) is 11.1 Å². The Kier molecular flexibility index (Phi) is 4.37. The van der Waals surface area contributed by atoms with Crippen LogP contribution in [0.15, 0.2) is 36.4 Å². The van der Waals surface area contributed by atoms with Crippen molar-refractivity contribution >= 4 is 40.6 Å². The second-order valence-electron chi connectivity index (χ2n) is 4.24. The van der Waals surface area contributed by atoms with Gasteiger partial charge in [0.1, 0.15) is 0 Å². The fourth-order valence-corrected chi connectivity index (χ4v) is 2.14. The Morgan fingerprint density at radius 1 is 1.05 bits per heavy atom. The summed E-state index contributed by atoms with van der Waals surface area (Å²) < 4.78 is 0. The molecule has 0 aromatic heterocycles. The molecule has 0 bridgehead atoms. The van der Waals surface area contributed by atoms with Gasteiger partial charge in [-0.25, -0.2) is 4.79 Å². The first-order valence-electron chi connectivity index (χ1n) is 5.78. The van der Waals surface area contributed by atoms with E-state index in [2.05, 4.69) is 10.6 Å². The minimum atomic E-state index is -0.423. The van der Waals surface area contributed by atoms with Crippen molar-refractivity contribution in [3.8, 4) is 5.75 Å². The third-order valence-corrected chi connectivity index (χ3v) is 3.13. The molecule has 0 aliphatic heterocycles. The lowest BCUT2D eigenvalue weighted by atomic mass is 10.2. The molecule has 20 heavy (non-hydrogen) atoms. The van der Waals surface area contributed by atoms with Crippen LogP contribution in [0.3, 0.4) is 0 Å². The molecule has 0 atom stereocenters. The number of aryl methyl sites for hydroxylation is 1. The molecule has 2 rings (SSSR count). The molecule has 0 fully saturated rings. The molecular weight excluding hydrogens is 299 g/mol. The van der Waals surface area contributed by atoms with Gasteiger partial charge in [0.05, 0.1) is 10.0 Å². The van der Waals surface area contributed by atoms with E-state index < -0.39 is 6.03 Å². The number of hydrogen-bond acceptors (Lipinski definition) is 2. The summed E-state index contributed by atoms with van der Waals surface area (Å²) in [6.07, 6.45) is 0. The van der Waals surface area contributed by atoms with Gasteiger partial charge in [-0.1, -0.05) is 35.3 Å². The Hall–Kier alpha value is -1.91. The van der Waals surface area contributed by atoms with Gasteiger partial charge < -0.3 is 15.7 Å². The number of nitrogens with one attached hydrogen (secondary N) is 2. The molecule has 0 radical (unpaired) electrons. The fourth-order valence-electron chi connectivity index (χ4n) is 1.65. The van der Waals surface area contributed by atoms with Crippen LogP contribution in [0.2, 0.25) is 10.0 Å². The summed E-state index contributed by atoms with van der Waals surface area (Å²) in [5.41, 5.74) is 2.11. The average molecular weight is 311 g/mol. The molecule has 0 aliphatic rings. The summed E-state index contributed by atoms with van der Waals surface area (Å²) in [7, 11) is 0. The van der Waals surface area contributed by atoms with E-state index in [1.807, 2.05) is 25.1 Å². The largest absolute Gasteiger partial charge is 0.505 e. The van der Waals surface area contributed by atoms with Gasteiger partial charge in [0.15, 0.2) is 5.75 Å². The molecule has 0 aliphatic carbocycles. The number of urea groups is 1. The number of halogens is 2. The van der Waals surface area contributed by atoms with Gasteiger partial charge in [0, 0.05) is 11.4 Å². The monoisotopic (exact) mass is 310 g/mol. The molecule has 6 heteroatoms. The van der Waals surface area contributed by atoms with E-state index in [9.17, 15) is 9.90 Å². The number of carbonyl (C=O) groups is 1. The van der Waals surface area contributed by atoms with Crippen molar-refractivity contribution in [2.24, 2.45) is 0 Å². The predicted octanol–water partition coefficient (Wildman–Crippen LogP) is 4.65. The zero-order chi connectivity index (χ0) is 14.7. The van der Waals surface area contributed by atoms with Crippen molar-refractivity contribution < 1.29 is 9.90 Å². The van der Waals surface area contributed by atoms with Crippen molar-refractivity contribution in [3.05, 3.63) is 52.0 Å². The van der Waals surface area contributed by atoms with Crippen LogP contribution in [0.5, 0.6) is 5.75 Å². The van der Waals surface area contributed by atoms with Crippen LogP contribution in [0.25, 0.3) is 0 Å². The van der Waals surface area contributed by atoms with Crippen LogP contribution < -0.4 is 10.6 Å². The smallest absolute Gasteiger partial charge is 0.323 e. The highest BCUT2D eigenvalue weighted by atomic mass is 35.5. The second kappa shape index (κ2) is 6.03. The molecule has 0 unspecified atom stereocenters. The highest BCUT2D eigenvalue weighted by Gasteiger charge is 2.09. The standard InChI is InChI=1S/C14H12Cl2N2O2/c1-8-3-2-4-9(5-8)17-14(20)18-10-6-11(15)13(19)12(16)7-10/h2-7,19H,1H3,(H2,17,18,20). The van der Waals surface area contributed by atoms with E-state index in [0.29, 0.717) is 11.4 Å². The van der Waals surface area contributed by atoms with Gasteiger partial charge in [-0.3, -0.25) is 0 Å². The highest BCUT2D eigenvalue weighted by molar-refractivity contribution is 6.37. The molecule has 104 valence electrons. The van der Waals surface area contributed by atoms with Crippen LogP contribution in [0.4, 0.5) is 16.2 Å². The van der Waals surface area contributed by atoms with Gasteiger partial charge in [-0.15, -0.1) is 0 Å². The molecule has 0 saturated heterocycles. The van der Waals surface area contributed by atoms with Crippen molar-refractivity contribution in [2.75, 3.05) is 10.6 Å². The number of hydrogen-bond donors (Lipinski definition) is 3. The lowest BCUT2D eigenvalue weighted by Crippen LogP contribution is -2.19. The first kappa shape index (κ1) is 14.5. The Balaban J connectivity index is 2.09. The minimum absolute atomic E-state index is 0.0726. The average Bonchev–Trinajstić information content (AvgIpc) is 2.35. The Morgan fingerprint density at radius 2 is 1.65 bits per heavy atom. The van der Waals surface area contributed by atoms with E-state index in [-0.39, 0.29) is 15.8 Å². The SMILES string of the molecule is Cc1cccc(NC(=O)Nc2cc(Cl)c(O)c(Cl)c2)c1. The summed E-state index contributed by atoms with van der Waals surface area (Å²) in [6, 6.07) is 9.81. The minimum Gasteiger partial charge on any atom is -0.505 e. The lowest BCUT2D eigenvalue weighted by Gasteiger charge is -2.09. The van der Waals surface area contributed by atoms with Gasteiger partial charge in [0.25, 0.3) is 0 Å². The molecular formula is C14H12Cl2N2O2. The summed E-state index contributed by atoms with van der Waals surface area (Å²) in [4.78, 5) is 11.8. The quantitative estimate of drug-likeness (QED) is 0.707. The predicted molar refractivity (Wildman–Crippen MR) is 81.9 cm³/mol. The summed E-state index contributed by atoms with van der Waals surface area (Å²) in [5, 5.41) is 14.9. The van der Waals surface area contributed by atoms with Crippen LogP contribution in [-0.2, 0) is 0 Å². The number of phenolic OH excluding ortho intramolecular Hbond substituents is 1. The van der Waals surface area contributed by atoms with Gasteiger partial charge in [0.2, 0.25) is 0 Å². The van der Waals surface area contributed by atoms with Crippen molar-refractivity contribution in [2.45, 2.75) is 6.92 Å². The summed E-state index contributed by atoms with van der Waals surface area (Å²) in [6.45, 7) is 1.93. The Labute approximate surface area is 126 Å². The Morgan fingerprint density at radius 3 is 2.25 bits per heavy atom. The van der Waals surface area contributed by atoms with E-state index in [4.69, 9.17) is 23.2 Å². The van der Waals surface area contributed by atoms with Crippen molar-refractivity contribution in [1.82, 2.24) is 0 Å². The van der Waals surface area contributed by atoms with E-state index in [1.165, 1.54) is 12.1 Å². The molecule has 0 saturated carbocycles. The number of rotatable bonds is 2. The maximum atomic E-state index is 11.8. The summed E-state index contributed by atoms with van der Waals surface area (Å²) in [5.74, 6) is -0.210. The molecule has 2 aromatic rings. The molecule has 2 aromatic carbocycles. The van der Waals surface area contributed by atoms with Crippen LogP contribution in [0.1, 0.15) is 5.56 Å². The van der Waals surface area contributed by atoms with Gasteiger partial charge in [-0.2, -0.15) is 0 Å². The van der Waals surface area contributed by atoms with Gasteiger partial charge in [-0.05, 0) is 36.8 Å². The Bertz CT molecular complexity index is 636. The number of anilines is 2. The maximum Gasteiger partial charge on any atom is 0.323 e. The highest BCUT2D eigenvalue weighted by Crippen LogP contribution is 2.34. The van der Waals surface area contributed by atoms with E-state index in [0.717, 1.165) is 5.56 Å². The second-order valence-corrected chi connectivity index (χ2v) is 5.05. The van der Waals surface area contributed by atoms with Crippen LogP contribution >= 0.6 is 23.2 Å². The third kappa shape index (κ3) is 3.56. The molecule has 2 amide bonds. The number of aromatic hydroxyl groups is 1. The topological polar surface area (TPSA) is 61.4 Å². The number of phenols is 1. The van der Waals surface area contributed by atoms with Gasteiger partial charge >= 0.3 is 6.03 Å². The van der Waals surface area contributed by atoms with Crippen molar-refractivity contribution in [1.29, 1.82) is 0 Å². The van der Waals surface area contributed by atoms with E-state index in [1.54, 1.807) is 6.07 Å². The zero-order valence-corrected chi connectivity index (χ0v) is 12.1. The normalized spacial score (nSPS) is 10.2. The number of carbonyl (C=O) groups excluding carboxylic acids is 1. The number of benzene rings is 2. The number of amides is 2. The fraction of sp³-hybridized carbons (Fsp3) is 0.0714. The maximum absolute atomic E-state index is 11.8. The third-order valence-electron chi connectivity index (χ3n) is 2.55. The van der Waals surface area contributed by atoms with Crippen molar-refractivity contribution in [3.63, 3.8) is 0 Å². The zero-order valence-electron chi connectivity index (χ0n) is 10.6. The molecule has 4 nitrogen and oxygen atoms in total. The first-order valence-corrected chi connectivity index (χ1v) is 6.54. The summed E-state index contributed by atoms with van der Waals surface area (Å²) >= 11 is 11.6. The molecule has 3 N–H and O–H groups in total.